The summed E-state index contributed by atoms with van der Waals surface area (Å²) in [7, 11) is 0. The van der Waals surface area contributed by atoms with E-state index in [1.807, 2.05) is 24.3 Å². The fourth-order valence-corrected chi connectivity index (χ4v) is 1.72. The summed E-state index contributed by atoms with van der Waals surface area (Å²) in [5.41, 5.74) is 2.10. The zero-order valence-corrected chi connectivity index (χ0v) is 9.97. The molecule has 1 aromatic heterocycles. The van der Waals surface area contributed by atoms with Crippen LogP contribution in [0.5, 0.6) is 0 Å². The van der Waals surface area contributed by atoms with Gasteiger partial charge in [0.1, 0.15) is 5.82 Å². The van der Waals surface area contributed by atoms with E-state index >= 15 is 0 Å². The van der Waals surface area contributed by atoms with Gasteiger partial charge in [0.05, 0.1) is 15.9 Å². The first-order valence-electron chi connectivity index (χ1n) is 3.96. The molecule has 0 saturated heterocycles. The molecule has 68 valence electrons. The number of para-hydroxylation sites is 2. The van der Waals surface area contributed by atoms with Gasteiger partial charge in [-0.25, -0.2) is 4.98 Å². The summed E-state index contributed by atoms with van der Waals surface area (Å²) in [5.74, 6) is 0.970. The molecule has 0 amide bonds. The van der Waals surface area contributed by atoms with Crippen molar-refractivity contribution < 1.29 is 0 Å². The summed E-state index contributed by atoms with van der Waals surface area (Å²) in [4.78, 5) is 7.96. The highest BCUT2D eigenvalue weighted by atomic mass is 79.9. The Morgan fingerprint density at radius 3 is 2.85 bits per heavy atom. The fraction of sp³-hybridized carbons (Fsp3) is 0.222. The van der Waals surface area contributed by atoms with E-state index in [4.69, 9.17) is 0 Å². The van der Waals surface area contributed by atoms with Gasteiger partial charge in [0.25, 0.3) is 0 Å². The highest BCUT2D eigenvalue weighted by Gasteiger charge is 2.09. The predicted molar refractivity (Wildman–Crippen MR) is 61.6 cm³/mol. The Morgan fingerprint density at radius 1 is 1.38 bits per heavy atom. The van der Waals surface area contributed by atoms with Crippen molar-refractivity contribution in [2.24, 2.45) is 0 Å². The van der Waals surface area contributed by atoms with Crippen LogP contribution in [0.4, 0.5) is 0 Å². The third-order valence-electron chi connectivity index (χ3n) is 1.84. The van der Waals surface area contributed by atoms with Crippen molar-refractivity contribution in [3.63, 3.8) is 0 Å². The van der Waals surface area contributed by atoms with Crippen molar-refractivity contribution in [3.05, 3.63) is 30.1 Å². The number of aromatic amines is 1. The van der Waals surface area contributed by atoms with Crippen LogP contribution >= 0.6 is 31.9 Å². The molecule has 2 rings (SSSR count). The monoisotopic (exact) mass is 302 g/mol. The lowest BCUT2D eigenvalue weighted by Crippen LogP contribution is -1.92. The van der Waals surface area contributed by atoms with E-state index in [2.05, 4.69) is 41.8 Å². The van der Waals surface area contributed by atoms with Crippen molar-refractivity contribution in [1.29, 1.82) is 0 Å². The summed E-state index contributed by atoms with van der Waals surface area (Å²) >= 11 is 6.92. The number of halogens is 2. The van der Waals surface area contributed by atoms with Crippen molar-refractivity contribution in [1.82, 2.24) is 9.97 Å². The molecule has 0 spiro atoms. The van der Waals surface area contributed by atoms with Crippen LogP contribution in [0.3, 0.4) is 0 Å². The molecular weight excluding hydrogens is 296 g/mol. The van der Waals surface area contributed by atoms with Crippen LogP contribution < -0.4 is 0 Å². The number of hydrogen-bond donors (Lipinski definition) is 1. The summed E-state index contributed by atoms with van der Waals surface area (Å²) in [6.07, 6.45) is 0. The van der Waals surface area contributed by atoms with E-state index in [0.29, 0.717) is 0 Å². The Morgan fingerprint density at radius 2 is 2.15 bits per heavy atom. The second kappa shape index (κ2) is 3.80. The zero-order chi connectivity index (χ0) is 9.26. The van der Waals surface area contributed by atoms with E-state index in [-0.39, 0.29) is 4.83 Å². The number of nitrogens with zero attached hydrogens (tertiary/aromatic N) is 1. The number of benzene rings is 1. The van der Waals surface area contributed by atoms with Crippen LogP contribution in [-0.4, -0.2) is 15.3 Å². The van der Waals surface area contributed by atoms with Gasteiger partial charge in [0, 0.05) is 5.33 Å². The molecule has 0 bridgehead atoms. The molecule has 2 nitrogen and oxygen atoms in total. The van der Waals surface area contributed by atoms with Crippen molar-refractivity contribution in [3.8, 4) is 0 Å². The minimum Gasteiger partial charge on any atom is -0.341 e. The molecule has 2 aromatic rings. The third kappa shape index (κ3) is 1.79. The molecule has 0 radical (unpaired) electrons. The maximum atomic E-state index is 4.45. The first-order valence-corrected chi connectivity index (χ1v) is 5.99. The number of hydrogen-bond acceptors (Lipinski definition) is 1. The minimum atomic E-state index is 0.250. The normalized spacial score (nSPS) is 13.4. The number of alkyl halides is 2. The van der Waals surface area contributed by atoms with E-state index in [0.717, 1.165) is 22.2 Å². The Labute approximate surface area is 93.0 Å². The minimum absolute atomic E-state index is 0.250. The Balaban J connectivity index is 2.49. The second-order valence-electron chi connectivity index (χ2n) is 2.76. The molecule has 4 heteroatoms. The molecule has 0 aliphatic heterocycles. The number of aromatic nitrogens is 2. The van der Waals surface area contributed by atoms with Crippen molar-refractivity contribution in [2.45, 2.75) is 4.83 Å². The molecule has 13 heavy (non-hydrogen) atoms. The maximum absolute atomic E-state index is 4.45. The average Bonchev–Trinajstić information content (AvgIpc) is 2.59. The van der Waals surface area contributed by atoms with E-state index < -0.39 is 0 Å². The molecular formula is C9H8Br2N2. The SMILES string of the molecule is BrCC(Br)c1nc2ccccc2[nH]1. The molecule has 1 atom stereocenters. The van der Waals surface area contributed by atoms with Gasteiger partial charge >= 0.3 is 0 Å². The van der Waals surface area contributed by atoms with Gasteiger partial charge in [-0.05, 0) is 12.1 Å². The Bertz CT molecular complexity index is 378. The quantitative estimate of drug-likeness (QED) is 0.847. The largest absolute Gasteiger partial charge is 0.341 e. The number of H-pyrrole nitrogens is 1. The number of imidazole rings is 1. The van der Waals surface area contributed by atoms with Gasteiger partial charge in [-0.15, -0.1) is 0 Å². The molecule has 1 aromatic carbocycles. The summed E-state index contributed by atoms with van der Waals surface area (Å²) in [6, 6.07) is 8.02. The van der Waals surface area contributed by atoms with Crippen molar-refractivity contribution in [2.75, 3.05) is 5.33 Å². The van der Waals surface area contributed by atoms with Gasteiger partial charge in [-0.3, -0.25) is 0 Å². The van der Waals surface area contributed by atoms with E-state index in [9.17, 15) is 0 Å². The van der Waals surface area contributed by atoms with Crippen LogP contribution in [0, 0.1) is 0 Å². The fourth-order valence-electron chi connectivity index (χ4n) is 1.19. The van der Waals surface area contributed by atoms with Crippen LogP contribution in [-0.2, 0) is 0 Å². The van der Waals surface area contributed by atoms with Gasteiger partial charge in [0.15, 0.2) is 0 Å². The topological polar surface area (TPSA) is 28.7 Å². The molecule has 0 saturated carbocycles. The molecule has 0 fully saturated rings. The summed E-state index contributed by atoms with van der Waals surface area (Å²) in [5, 5.41) is 0.854. The maximum Gasteiger partial charge on any atom is 0.121 e. The van der Waals surface area contributed by atoms with E-state index in [1.165, 1.54) is 0 Å². The van der Waals surface area contributed by atoms with Crippen LogP contribution in [0.1, 0.15) is 10.7 Å². The average molecular weight is 304 g/mol. The first kappa shape index (κ1) is 9.21. The van der Waals surface area contributed by atoms with Gasteiger partial charge in [-0.1, -0.05) is 44.0 Å². The van der Waals surface area contributed by atoms with Gasteiger partial charge < -0.3 is 4.98 Å². The van der Waals surface area contributed by atoms with Crippen LogP contribution in [0.25, 0.3) is 11.0 Å². The van der Waals surface area contributed by atoms with Crippen LogP contribution in [0.15, 0.2) is 24.3 Å². The van der Waals surface area contributed by atoms with Gasteiger partial charge in [0.2, 0.25) is 0 Å². The third-order valence-corrected chi connectivity index (χ3v) is 4.11. The zero-order valence-electron chi connectivity index (χ0n) is 6.80. The van der Waals surface area contributed by atoms with Gasteiger partial charge in [-0.2, -0.15) is 0 Å². The standard InChI is InChI=1S/C9H8Br2N2/c10-5-6(11)9-12-7-3-1-2-4-8(7)13-9/h1-4,6H,5H2,(H,12,13). The lowest BCUT2D eigenvalue weighted by atomic mass is 10.3. The molecule has 0 aliphatic carbocycles. The lowest BCUT2D eigenvalue weighted by Gasteiger charge is -1.98. The molecule has 1 unspecified atom stereocenters. The second-order valence-corrected chi connectivity index (χ2v) is 4.51. The summed E-state index contributed by atoms with van der Waals surface area (Å²) < 4.78 is 0. The van der Waals surface area contributed by atoms with Crippen molar-refractivity contribution >= 4 is 42.9 Å². The lowest BCUT2D eigenvalue weighted by molar-refractivity contribution is 1.01. The Kier molecular flexibility index (Phi) is 2.69. The van der Waals surface area contributed by atoms with E-state index in [1.54, 1.807) is 0 Å². The first-order chi connectivity index (χ1) is 6.31. The Hall–Kier alpha value is -0.350. The smallest absolute Gasteiger partial charge is 0.121 e. The molecule has 0 aliphatic rings. The highest BCUT2D eigenvalue weighted by molar-refractivity contribution is 9.12. The molecule has 1 N–H and O–H groups in total. The summed E-state index contributed by atoms with van der Waals surface area (Å²) in [6.45, 7) is 0. The molecule has 1 heterocycles. The highest BCUT2D eigenvalue weighted by Crippen LogP contribution is 2.24. The number of nitrogens with one attached hydrogen (secondary N) is 1. The number of fused-ring (bicyclic) bond motifs is 1. The van der Waals surface area contributed by atoms with Crippen LogP contribution in [0.2, 0.25) is 0 Å². The predicted octanol–water partition coefficient (Wildman–Crippen LogP) is 3.39. The number of rotatable bonds is 2.